The first kappa shape index (κ1) is 17.2. The molecule has 0 rings (SSSR count). The summed E-state index contributed by atoms with van der Waals surface area (Å²) in [4.78, 5) is 12.9. The summed E-state index contributed by atoms with van der Waals surface area (Å²) in [5.41, 5.74) is 4.38. The topological polar surface area (TPSA) is 46.3 Å². The molecule has 1 amide bonds. The highest BCUT2D eigenvalue weighted by molar-refractivity contribution is 7.80. The van der Waals surface area contributed by atoms with Crippen LogP contribution in [-0.4, -0.2) is 35.1 Å². The number of hydrogen-bond donors (Lipinski definition) is 1. The Kier molecular flexibility index (Phi) is 6.06. The number of alkyl halides is 3. The molecule has 0 aromatic carbocycles. The van der Waals surface area contributed by atoms with E-state index in [1.807, 2.05) is 0 Å². The SMILES string of the molecule is CCN(CC(F)(F)F)C(=O)C(CC)(CC)C(N)=S. The monoisotopic (exact) mass is 284 g/mol. The van der Waals surface area contributed by atoms with Crippen molar-refractivity contribution in [2.45, 2.75) is 39.8 Å². The second-order valence-electron chi connectivity index (χ2n) is 4.09. The zero-order valence-corrected chi connectivity index (χ0v) is 11.6. The fourth-order valence-electron chi connectivity index (χ4n) is 1.85. The molecule has 3 nitrogen and oxygen atoms in total. The van der Waals surface area contributed by atoms with Crippen molar-refractivity contribution in [1.29, 1.82) is 0 Å². The Bertz CT molecular complexity index is 314. The van der Waals surface area contributed by atoms with Gasteiger partial charge in [0, 0.05) is 6.54 Å². The molecule has 0 radical (unpaired) electrons. The zero-order valence-electron chi connectivity index (χ0n) is 10.8. The van der Waals surface area contributed by atoms with Crippen molar-refractivity contribution in [2.75, 3.05) is 13.1 Å². The fourth-order valence-corrected chi connectivity index (χ4v) is 2.23. The van der Waals surface area contributed by atoms with Crippen molar-refractivity contribution in [2.24, 2.45) is 11.1 Å². The molecule has 0 aliphatic heterocycles. The van der Waals surface area contributed by atoms with Gasteiger partial charge in [-0.1, -0.05) is 26.1 Å². The van der Waals surface area contributed by atoms with E-state index in [0.717, 1.165) is 4.90 Å². The van der Waals surface area contributed by atoms with Crippen LogP contribution in [0.4, 0.5) is 13.2 Å². The van der Waals surface area contributed by atoms with E-state index in [4.69, 9.17) is 18.0 Å². The van der Waals surface area contributed by atoms with Gasteiger partial charge >= 0.3 is 6.18 Å². The van der Waals surface area contributed by atoms with Crippen molar-refractivity contribution in [3.8, 4) is 0 Å². The Labute approximate surface area is 111 Å². The van der Waals surface area contributed by atoms with Gasteiger partial charge in [-0.25, -0.2) is 0 Å². The molecule has 0 aliphatic carbocycles. The number of carbonyl (C=O) groups excluding carboxylic acids is 1. The summed E-state index contributed by atoms with van der Waals surface area (Å²) in [6.07, 6.45) is -3.83. The number of rotatable bonds is 6. The molecule has 0 aliphatic rings. The average molecular weight is 284 g/mol. The van der Waals surface area contributed by atoms with Crippen LogP contribution in [0.3, 0.4) is 0 Å². The first-order chi connectivity index (χ1) is 8.14. The van der Waals surface area contributed by atoms with E-state index in [0.29, 0.717) is 12.8 Å². The molecule has 0 unspecified atom stereocenters. The quantitative estimate of drug-likeness (QED) is 0.762. The van der Waals surface area contributed by atoms with Crippen molar-refractivity contribution in [1.82, 2.24) is 4.90 Å². The van der Waals surface area contributed by atoms with Gasteiger partial charge in [-0.2, -0.15) is 13.2 Å². The Balaban J connectivity index is 5.23. The third kappa shape index (κ3) is 3.83. The van der Waals surface area contributed by atoms with Crippen LogP contribution in [0, 0.1) is 5.41 Å². The largest absolute Gasteiger partial charge is 0.406 e. The average Bonchev–Trinajstić information content (AvgIpc) is 2.26. The number of nitrogens with zero attached hydrogens (tertiary/aromatic N) is 1. The number of nitrogens with two attached hydrogens (primary N) is 1. The van der Waals surface area contributed by atoms with Gasteiger partial charge in [0.1, 0.15) is 6.54 Å². The fraction of sp³-hybridized carbons (Fsp3) is 0.818. The summed E-state index contributed by atoms with van der Waals surface area (Å²) in [6.45, 7) is 3.60. The van der Waals surface area contributed by atoms with E-state index in [1.54, 1.807) is 13.8 Å². The van der Waals surface area contributed by atoms with E-state index < -0.39 is 24.0 Å². The lowest BCUT2D eigenvalue weighted by molar-refractivity contribution is -0.165. The molecule has 0 saturated heterocycles. The van der Waals surface area contributed by atoms with Crippen molar-refractivity contribution >= 4 is 23.1 Å². The van der Waals surface area contributed by atoms with Gasteiger partial charge in [0.25, 0.3) is 0 Å². The summed E-state index contributed by atoms with van der Waals surface area (Å²) in [6, 6.07) is 0. The predicted molar refractivity (Wildman–Crippen MR) is 68.1 cm³/mol. The number of halogens is 3. The minimum absolute atomic E-state index is 0.0251. The summed E-state index contributed by atoms with van der Waals surface area (Å²) in [5, 5.41) is 0. The first-order valence-electron chi connectivity index (χ1n) is 5.80. The standard InChI is InChI=1S/C11H19F3N2OS/c1-4-10(5-2,8(15)18)9(17)16(6-3)7-11(12,13)14/h4-7H2,1-3H3,(H2,15,18). The third-order valence-electron chi connectivity index (χ3n) is 3.13. The van der Waals surface area contributed by atoms with Crippen LogP contribution < -0.4 is 5.73 Å². The molecular weight excluding hydrogens is 265 g/mol. The van der Waals surface area contributed by atoms with Gasteiger partial charge in [-0.15, -0.1) is 0 Å². The normalized spacial score (nSPS) is 12.3. The highest BCUT2D eigenvalue weighted by atomic mass is 32.1. The maximum Gasteiger partial charge on any atom is 0.406 e. The highest BCUT2D eigenvalue weighted by Gasteiger charge is 2.43. The van der Waals surface area contributed by atoms with Crippen molar-refractivity contribution in [3.63, 3.8) is 0 Å². The number of thiocarbonyl (C=S) groups is 1. The Morgan fingerprint density at radius 1 is 1.22 bits per heavy atom. The molecule has 0 fully saturated rings. The molecule has 0 heterocycles. The van der Waals surface area contributed by atoms with Gasteiger partial charge in [0.15, 0.2) is 0 Å². The maximum atomic E-state index is 12.4. The van der Waals surface area contributed by atoms with Crippen LogP contribution in [0.15, 0.2) is 0 Å². The molecule has 0 aromatic heterocycles. The summed E-state index contributed by atoms with van der Waals surface area (Å²) < 4.78 is 37.2. The van der Waals surface area contributed by atoms with Crippen LogP contribution in [0.5, 0.6) is 0 Å². The Morgan fingerprint density at radius 2 is 1.67 bits per heavy atom. The highest BCUT2D eigenvalue weighted by Crippen LogP contribution is 2.31. The summed E-state index contributed by atoms with van der Waals surface area (Å²) in [7, 11) is 0. The number of carbonyl (C=O) groups is 1. The molecule has 0 bridgehead atoms. The molecule has 7 heteroatoms. The second-order valence-corrected chi connectivity index (χ2v) is 4.53. The lowest BCUT2D eigenvalue weighted by Crippen LogP contribution is -2.52. The molecular formula is C11H19F3N2OS. The van der Waals surface area contributed by atoms with E-state index in [1.165, 1.54) is 6.92 Å². The van der Waals surface area contributed by atoms with Crippen LogP contribution in [0.2, 0.25) is 0 Å². The van der Waals surface area contributed by atoms with Gasteiger partial charge in [-0.3, -0.25) is 4.79 Å². The second kappa shape index (κ2) is 6.36. The van der Waals surface area contributed by atoms with Crippen molar-refractivity contribution < 1.29 is 18.0 Å². The minimum atomic E-state index is -4.42. The zero-order chi connectivity index (χ0) is 14.6. The summed E-state index contributed by atoms with van der Waals surface area (Å²) in [5.74, 6) is -0.639. The van der Waals surface area contributed by atoms with Gasteiger partial charge < -0.3 is 10.6 Å². The van der Waals surface area contributed by atoms with Crippen LogP contribution in [-0.2, 0) is 4.79 Å². The van der Waals surface area contributed by atoms with Gasteiger partial charge in [0.2, 0.25) is 5.91 Å². The molecule has 0 saturated carbocycles. The van der Waals surface area contributed by atoms with E-state index >= 15 is 0 Å². The first-order valence-corrected chi connectivity index (χ1v) is 6.21. The van der Waals surface area contributed by atoms with E-state index in [-0.39, 0.29) is 11.5 Å². The third-order valence-corrected chi connectivity index (χ3v) is 3.52. The molecule has 2 N–H and O–H groups in total. The van der Waals surface area contributed by atoms with Crippen LogP contribution in [0.25, 0.3) is 0 Å². The Hall–Kier alpha value is -0.850. The molecule has 0 aromatic rings. The lowest BCUT2D eigenvalue weighted by Gasteiger charge is -2.35. The number of amides is 1. The van der Waals surface area contributed by atoms with Gasteiger partial charge in [0.05, 0.1) is 10.4 Å². The van der Waals surface area contributed by atoms with Crippen LogP contribution in [0.1, 0.15) is 33.6 Å². The molecule has 18 heavy (non-hydrogen) atoms. The number of hydrogen-bond acceptors (Lipinski definition) is 2. The molecule has 0 spiro atoms. The minimum Gasteiger partial charge on any atom is -0.392 e. The predicted octanol–water partition coefficient (Wildman–Crippen LogP) is 2.49. The maximum absolute atomic E-state index is 12.4. The van der Waals surface area contributed by atoms with Gasteiger partial charge in [-0.05, 0) is 19.8 Å². The molecule has 106 valence electrons. The summed E-state index contributed by atoms with van der Waals surface area (Å²) >= 11 is 4.86. The molecule has 0 atom stereocenters. The Morgan fingerprint density at radius 3 is 1.89 bits per heavy atom. The smallest absolute Gasteiger partial charge is 0.392 e. The van der Waals surface area contributed by atoms with E-state index in [9.17, 15) is 18.0 Å². The lowest BCUT2D eigenvalue weighted by atomic mass is 9.80. The van der Waals surface area contributed by atoms with E-state index in [2.05, 4.69) is 0 Å². The van der Waals surface area contributed by atoms with Crippen molar-refractivity contribution in [3.05, 3.63) is 0 Å². The van der Waals surface area contributed by atoms with Crippen LogP contribution >= 0.6 is 12.2 Å².